The molecule has 0 bridgehead atoms. The molecule has 0 atom stereocenters. The molecule has 1 heterocycles. The van der Waals surface area contributed by atoms with Crippen LogP contribution in [0.3, 0.4) is 0 Å². The fourth-order valence-electron chi connectivity index (χ4n) is 1.88. The summed E-state index contributed by atoms with van der Waals surface area (Å²) in [5.41, 5.74) is 0.144. The van der Waals surface area contributed by atoms with Crippen molar-refractivity contribution in [1.82, 2.24) is 0 Å². The monoisotopic (exact) mass is 248 g/mol. The fraction of sp³-hybridized carbons (Fsp3) is 0.357. The van der Waals surface area contributed by atoms with Crippen LogP contribution in [0.4, 0.5) is 0 Å². The third kappa shape index (κ3) is 2.91. The fourth-order valence-corrected chi connectivity index (χ4v) is 3.07. The lowest BCUT2D eigenvalue weighted by Crippen LogP contribution is -2.36. The summed E-state index contributed by atoms with van der Waals surface area (Å²) >= 11 is 1.90. The normalized spacial score (nSPS) is 18.4. The highest BCUT2D eigenvalue weighted by Crippen LogP contribution is 2.32. The Balaban J connectivity index is 2.09. The molecule has 0 aromatic heterocycles. The summed E-state index contributed by atoms with van der Waals surface area (Å²) in [6, 6.07) is 9.12. The van der Waals surface area contributed by atoms with Gasteiger partial charge in [0.05, 0.1) is 5.56 Å². The Kier molecular flexibility index (Phi) is 3.89. The average molecular weight is 248 g/mol. The third-order valence-corrected chi connectivity index (χ3v) is 4.00. The van der Waals surface area contributed by atoms with Gasteiger partial charge in [0.2, 0.25) is 0 Å². The molecule has 1 fully saturated rings. The van der Waals surface area contributed by atoms with Gasteiger partial charge >= 0.3 is 5.97 Å². The van der Waals surface area contributed by atoms with Crippen LogP contribution in [0, 0.1) is 0 Å². The molecule has 0 amide bonds. The highest BCUT2D eigenvalue weighted by molar-refractivity contribution is 7.99. The molecule has 0 spiro atoms. The molecule has 3 heteroatoms. The number of ether oxygens (including phenoxy) is 1. The van der Waals surface area contributed by atoms with Crippen LogP contribution in [0.15, 0.2) is 43.0 Å². The van der Waals surface area contributed by atoms with Crippen LogP contribution in [0.2, 0.25) is 0 Å². The van der Waals surface area contributed by atoms with Crippen molar-refractivity contribution in [2.45, 2.75) is 18.4 Å². The molecular weight excluding hydrogens is 232 g/mol. The lowest BCUT2D eigenvalue weighted by atomic mass is 9.96. The lowest BCUT2D eigenvalue weighted by Gasteiger charge is -2.33. The first-order valence-electron chi connectivity index (χ1n) is 5.75. The number of hydrogen-bond acceptors (Lipinski definition) is 3. The molecule has 1 aliphatic rings. The molecule has 2 nitrogen and oxygen atoms in total. The quantitative estimate of drug-likeness (QED) is 0.606. The zero-order valence-corrected chi connectivity index (χ0v) is 10.5. The topological polar surface area (TPSA) is 26.3 Å². The number of rotatable bonds is 3. The van der Waals surface area contributed by atoms with Crippen molar-refractivity contribution in [3.05, 3.63) is 48.6 Å². The van der Waals surface area contributed by atoms with Gasteiger partial charge in [-0.05, 0) is 42.6 Å². The zero-order chi connectivity index (χ0) is 12.1. The molecule has 90 valence electrons. The van der Waals surface area contributed by atoms with Gasteiger partial charge in [0, 0.05) is 0 Å². The predicted octanol–water partition coefficient (Wildman–Crippen LogP) is 3.30. The van der Waals surface area contributed by atoms with Gasteiger partial charge in [0.15, 0.2) is 0 Å². The Hall–Kier alpha value is -1.22. The lowest BCUT2D eigenvalue weighted by molar-refractivity contribution is 0.000754. The minimum atomic E-state index is -0.460. The maximum absolute atomic E-state index is 12.0. The minimum Gasteiger partial charge on any atom is -0.451 e. The third-order valence-electron chi connectivity index (χ3n) is 3.02. The molecule has 1 saturated heterocycles. The minimum absolute atomic E-state index is 0.252. The zero-order valence-electron chi connectivity index (χ0n) is 9.72. The van der Waals surface area contributed by atoms with Gasteiger partial charge in [-0.1, -0.05) is 24.8 Å². The van der Waals surface area contributed by atoms with Crippen LogP contribution < -0.4 is 0 Å². The second kappa shape index (κ2) is 5.41. The molecule has 1 aromatic carbocycles. The molecule has 1 aromatic rings. The van der Waals surface area contributed by atoms with E-state index in [4.69, 9.17) is 4.74 Å². The van der Waals surface area contributed by atoms with E-state index in [0.717, 1.165) is 24.3 Å². The maximum Gasteiger partial charge on any atom is 0.338 e. The number of carbonyl (C=O) groups excluding carboxylic acids is 1. The van der Waals surface area contributed by atoms with E-state index < -0.39 is 5.60 Å². The number of thioether (sulfide) groups is 1. The largest absolute Gasteiger partial charge is 0.451 e. The molecule has 2 rings (SSSR count). The molecule has 0 radical (unpaired) electrons. The van der Waals surface area contributed by atoms with Crippen LogP contribution in [-0.2, 0) is 4.74 Å². The van der Waals surface area contributed by atoms with E-state index in [2.05, 4.69) is 6.58 Å². The standard InChI is InChI=1S/C14H16O2S/c1-2-14(8-10-17-11-9-14)16-13(15)12-6-4-3-5-7-12/h2-7H,1,8-11H2. The molecule has 0 aliphatic carbocycles. The first kappa shape index (κ1) is 12.2. The highest BCUT2D eigenvalue weighted by atomic mass is 32.2. The Morgan fingerprint density at radius 1 is 1.29 bits per heavy atom. The van der Waals surface area contributed by atoms with Gasteiger partial charge in [-0.2, -0.15) is 11.8 Å². The van der Waals surface area contributed by atoms with Crippen LogP contribution in [-0.4, -0.2) is 23.1 Å². The first-order chi connectivity index (χ1) is 8.26. The predicted molar refractivity (Wildman–Crippen MR) is 71.3 cm³/mol. The molecular formula is C14H16O2S. The van der Waals surface area contributed by atoms with E-state index in [1.165, 1.54) is 0 Å². The van der Waals surface area contributed by atoms with E-state index in [-0.39, 0.29) is 5.97 Å². The Morgan fingerprint density at radius 2 is 1.94 bits per heavy atom. The number of benzene rings is 1. The van der Waals surface area contributed by atoms with Gasteiger partial charge in [-0.3, -0.25) is 0 Å². The first-order valence-corrected chi connectivity index (χ1v) is 6.91. The van der Waals surface area contributed by atoms with Crippen molar-refractivity contribution in [3.8, 4) is 0 Å². The number of esters is 1. The van der Waals surface area contributed by atoms with E-state index >= 15 is 0 Å². The summed E-state index contributed by atoms with van der Waals surface area (Å²) in [6.07, 6.45) is 3.51. The number of hydrogen-bond donors (Lipinski definition) is 0. The van der Waals surface area contributed by atoms with E-state index in [1.807, 2.05) is 30.0 Å². The SMILES string of the molecule is C=CC1(OC(=O)c2ccccc2)CCSCC1. The number of carbonyl (C=O) groups is 1. The summed E-state index contributed by atoms with van der Waals surface area (Å²) in [5.74, 6) is 1.79. The molecule has 0 unspecified atom stereocenters. The van der Waals surface area contributed by atoms with Crippen molar-refractivity contribution in [2.75, 3.05) is 11.5 Å². The second-order valence-corrected chi connectivity index (χ2v) is 5.36. The summed E-state index contributed by atoms with van der Waals surface area (Å²) in [5, 5.41) is 0. The van der Waals surface area contributed by atoms with Crippen LogP contribution in [0.5, 0.6) is 0 Å². The molecule has 17 heavy (non-hydrogen) atoms. The summed E-state index contributed by atoms with van der Waals surface area (Å²) in [7, 11) is 0. The van der Waals surface area contributed by atoms with Gasteiger partial charge in [0.1, 0.15) is 5.60 Å². The van der Waals surface area contributed by atoms with Gasteiger partial charge in [-0.25, -0.2) is 4.79 Å². The summed E-state index contributed by atoms with van der Waals surface area (Å²) < 4.78 is 5.64. The summed E-state index contributed by atoms with van der Waals surface area (Å²) in [4.78, 5) is 12.0. The van der Waals surface area contributed by atoms with E-state index in [1.54, 1.807) is 18.2 Å². The van der Waals surface area contributed by atoms with Gasteiger partial charge < -0.3 is 4.74 Å². The Morgan fingerprint density at radius 3 is 2.53 bits per heavy atom. The van der Waals surface area contributed by atoms with Gasteiger partial charge in [0.25, 0.3) is 0 Å². The highest BCUT2D eigenvalue weighted by Gasteiger charge is 2.33. The Bertz CT molecular complexity index is 394. The van der Waals surface area contributed by atoms with Crippen molar-refractivity contribution in [1.29, 1.82) is 0 Å². The second-order valence-electron chi connectivity index (χ2n) is 4.14. The van der Waals surface area contributed by atoms with Crippen molar-refractivity contribution >= 4 is 17.7 Å². The Labute approximate surface area is 106 Å². The maximum atomic E-state index is 12.0. The van der Waals surface area contributed by atoms with Crippen molar-refractivity contribution in [3.63, 3.8) is 0 Å². The van der Waals surface area contributed by atoms with Crippen LogP contribution >= 0.6 is 11.8 Å². The average Bonchev–Trinajstić information content (AvgIpc) is 2.41. The van der Waals surface area contributed by atoms with Gasteiger partial charge in [-0.15, -0.1) is 0 Å². The smallest absolute Gasteiger partial charge is 0.338 e. The summed E-state index contributed by atoms with van der Waals surface area (Å²) in [6.45, 7) is 3.82. The van der Waals surface area contributed by atoms with Crippen molar-refractivity contribution < 1.29 is 9.53 Å². The van der Waals surface area contributed by atoms with Crippen LogP contribution in [0.25, 0.3) is 0 Å². The van der Waals surface area contributed by atoms with E-state index in [9.17, 15) is 4.79 Å². The van der Waals surface area contributed by atoms with Crippen molar-refractivity contribution in [2.24, 2.45) is 0 Å². The van der Waals surface area contributed by atoms with E-state index in [0.29, 0.717) is 5.56 Å². The molecule has 0 saturated carbocycles. The van der Waals surface area contributed by atoms with Crippen LogP contribution in [0.1, 0.15) is 23.2 Å². The molecule has 1 aliphatic heterocycles. The molecule has 0 N–H and O–H groups in total.